The number of unbranched alkanes of at least 4 members (excludes halogenated alkanes) is 1. The molecule has 170 valence electrons. The Bertz CT molecular complexity index is 593. The zero-order valence-corrected chi connectivity index (χ0v) is 18.7. The molecule has 0 spiro atoms. The predicted molar refractivity (Wildman–Crippen MR) is 114 cm³/mol. The number of ether oxygens (including phenoxy) is 3. The number of hydrogen-bond acceptors (Lipinski definition) is 6. The topological polar surface area (TPSA) is 78.9 Å². The minimum absolute atomic E-state index is 0.114. The molecule has 6 heteroatoms. The van der Waals surface area contributed by atoms with Gasteiger partial charge in [-0.15, -0.1) is 0 Å². The molecule has 2 aliphatic carbocycles. The summed E-state index contributed by atoms with van der Waals surface area (Å²) in [4.78, 5) is 37.7. The Balaban J connectivity index is 1.98. The lowest BCUT2D eigenvalue weighted by Gasteiger charge is -2.38. The molecular formula is C24H38O6. The van der Waals surface area contributed by atoms with Crippen LogP contribution >= 0.6 is 0 Å². The first kappa shape index (κ1) is 24.4. The van der Waals surface area contributed by atoms with Gasteiger partial charge in [-0.3, -0.25) is 4.79 Å². The highest BCUT2D eigenvalue weighted by Crippen LogP contribution is 2.38. The highest BCUT2D eigenvalue weighted by molar-refractivity contribution is 5.88. The summed E-state index contributed by atoms with van der Waals surface area (Å²) in [5.74, 6) is -1.35. The third-order valence-electron chi connectivity index (χ3n) is 6.12. The van der Waals surface area contributed by atoms with E-state index in [1.165, 1.54) is 0 Å². The summed E-state index contributed by atoms with van der Waals surface area (Å²) in [6, 6.07) is 0. The van der Waals surface area contributed by atoms with Gasteiger partial charge in [0.1, 0.15) is 6.10 Å². The molecule has 2 atom stereocenters. The van der Waals surface area contributed by atoms with Crippen LogP contribution in [0.1, 0.15) is 90.9 Å². The van der Waals surface area contributed by atoms with E-state index >= 15 is 0 Å². The lowest BCUT2D eigenvalue weighted by Crippen LogP contribution is -2.50. The van der Waals surface area contributed by atoms with Gasteiger partial charge in [0.25, 0.3) is 0 Å². The fourth-order valence-electron chi connectivity index (χ4n) is 4.38. The van der Waals surface area contributed by atoms with E-state index in [2.05, 4.69) is 20.4 Å². The molecule has 0 aromatic heterocycles. The summed E-state index contributed by atoms with van der Waals surface area (Å²) >= 11 is 0. The minimum Gasteiger partial charge on any atom is -0.465 e. The average Bonchev–Trinajstić information content (AvgIpc) is 2.73. The van der Waals surface area contributed by atoms with Crippen LogP contribution in [0.15, 0.2) is 12.7 Å². The smallest absolute Gasteiger partial charge is 0.350 e. The zero-order valence-electron chi connectivity index (χ0n) is 18.7. The van der Waals surface area contributed by atoms with Gasteiger partial charge in [0, 0.05) is 12.5 Å². The highest BCUT2D eigenvalue weighted by Gasteiger charge is 2.50. The monoisotopic (exact) mass is 422 g/mol. The molecule has 0 aromatic rings. The predicted octanol–water partition coefficient (Wildman–Crippen LogP) is 4.89. The van der Waals surface area contributed by atoms with Crippen LogP contribution < -0.4 is 0 Å². The maximum absolute atomic E-state index is 13.1. The van der Waals surface area contributed by atoms with Gasteiger partial charge in [-0.2, -0.15) is 0 Å². The largest absolute Gasteiger partial charge is 0.465 e. The second kappa shape index (κ2) is 12.1. The molecule has 6 nitrogen and oxygen atoms in total. The molecule has 0 heterocycles. The molecule has 2 unspecified atom stereocenters. The van der Waals surface area contributed by atoms with Gasteiger partial charge in [-0.1, -0.05) is 33.3 Å². The van der Waals surface area contributed by atoms with Gasteiger partial charge in [0.05, 0.1) is 12.5 Å². The quantitative estimate of drug-likeness (QED) is 0.216. The van der Waals surface area contributed by atoms with Gasteiger partial charge in [0.2, 0.25) is 5.60 Å². The Morgan fingerprint density at radius 1 is 1.07 bits per heavy atom. The number of carbonyl (C=O) groups is 3. The Morgan fingerprint density at radius 2 is 1.80 bits per heavy atom. The molecular weight excluding hydrogens is 384 g/mol. The van der Waals surface area contributed by atoms with Crippen LogP contribution in [0.5, 0.6) is 0 Å². The molecule has 0 amide bonds. The third-order valence-corrected chi connectivity index (χ3v) is 6.12. The van der Waals surface area contributed by atoms with E-state index in [-0.39, 0.29) is 18.5 Å². The van der Waals surface area contributed by atoms with Crippen molar-refractivity contribution in [1.29, 1.82) is 0 Å². The Hall–Kier alpha value is -1.85. The first-order valence-corrected chi connectivity index (χ1v) is 11.6. The van der Waals surface area contributed by atoms with Gasteiger partial charge in [-0.05, 0) is 63.7 Å². The summed E-state index contributed by atoms with van der Waals surface area (Å²) in [5, 5.41) is 0. The van der Waals surface area contributed by atoms with Crippen LogP contribution in [0.3, 0.4) is 0 Å². The summed E-state index contributed by atoms with van der Waals surface area (Å²) in [6.07, 6.45) is 10.4. The summed E-state index contributed by atoms with van der Waals surface area (Å²) in [5.41, 5.74) is -1.43. The SMILES string of the molecule is C=CC(=O)OC1(C(=O)OC2CCCCC2)CCCC(C(=O)OCCCCC(C)C)C1. The van der Waals surface area contributed by atoms with E-state index in [1.807, 2.05) is 0 Å². The maximum atomic E-state index is 13.1. The van der Waals surface area contributed by atoms with E-state index in [0.717, 1.165) is 57.4 Å². The van der Waals surface area contributed by atoms with Gasteiger partial charge < -0.3 is 14.2 Å². The lowest BCUT2D eigenvalue weighted by molar-refractivity contribution is -0.192. The van der Waals surface area contributed by atoms with Crippen molar-refractivity contribution >= 4 is 17.9 Å². The number of carbonyl (C=O) groups excluding carboxylic acids is 3. The molecule has 30 heavy (non-hydrogen) atoms. The van der Waals surface area contributed by atoms with Crippen LogP contribution in [-0.4, -0.2) is 36.2 Å². The number of hydrogen-bond donors (Lipinski definition) is 0. The van der Waals surface area contributed by atoms with Crippen molar-refractivity contribution < 1.29 is 28.6 Å². The van der Waals surface area contributed by atoms with Crippen LogP contribution in [-0.2, 0) is 28.6 Å². The molecule has 0 saturated heterocycles. The number of rotatable bonds is 10. The molecule has 0 radical (unpaired) electrons. The highest BCUT2D eigenvalue weighted by atomic mass is 16.6. The molecule has 2 fully saturated rings. The van der Waals surface area contributed by atoms with Crippen molar-refractivity contribution in [3.63, 3.8) is 0 Å². The Morgan fingerprint density at radius 3 is 2.47 bits per heavy atom. The van der Waals surface area contributed by atoms with Crippen molar-refractivity contribution in [2.75, 3.05) is 6.61 Å². The van der Waals surface area contributed by atoms with E-state index in [1.54, 1.807) is 0 Å². The minimum atomic E-state index is -1.43. The third kappa shape index (κ3) is 7.44. The van der Waals surface area contributed by atoms with Crippen molar-refractivity contribution in [3.8, 4) is 0 Å². The van der Waals surface area contributed by atoms with Crippen molar-refractivity contribution in [2.24, 2.45) is 11.8 Å². The fraction of sp³-hybridized carbons (Fsp3) is 0.792. The summed E-state index contributed by atoms with van der Waals surface area (Å²) in [7, 11) is 0. The summed E-state index contributed by atoms with van der Waals surface area (Å²) < 4.78 is 16.7. The molecule has 2 rings (SSSR count). The second-order valence-electron chi connectivity index (χ2n) is 9.14. The average molecular weight is 423 g/mol. The first-order chi connectivity index (χ1) is 14.4. The Kier molecular flexibility index (Phi) is 9.86. The molecule has 2 aliphatic rings. The van der Waals surface area contributed by atoms with Crippen molar-refractivity contribution in [1.82, 2.24) is 0 Å². The molecule has 0 N–H and O–H groups in total. The van der Waals surface area contributed by atoms with Crippen LogP contribution in [0.4, 0.5) is 0 Å². The van der Waals surface area contributed by atoms with Gasteiger partial charge >= 0.3 is 17.9 Å². The molecule has 2 saturated carbocycles. The molecule has 0 aliphatic heterocycles. The van der Waals surface area contributed by atoms with Crippen LogP contribution in [0.2, 0.25) is 0 Å². The zero-order chi connectivity index (χ0) is 22.0. The molecule has 0 bridgehead atoms. The van der Waals surface area contributed by atoms with Crippen molar-refractivity contribution in [3.05, 3.63) is 12.7 Å². The van der Waals surface area contributed by atoms with Crippen LogP contribution in [0.25, 0.3) is 0 Å². The van der Waals surface area contributed by atoms with Crippen LogP contribution in [0, 0.1) is 11.8 Å². The van der Waals surface area contributed by atoms with Crippen molar-refractivity contribution in [2.45, 2.75) is 103 Å². The van der Waals surface area contributed by atoms with E-state index in [4.69, 9.17) is 14.2 Å². The van der Waals surface area contributed by atoms with Gasteiger partial charge in [-0.25, -0.2) is 9.59 Å². The second-order valence-corrected chi connectivity index (χ2v) is 9.14. The fourth-order valence-corrected chi connectivity index (χ4v) is 4.38. The normalized spacial score (nSPS) is 24.8. The lowest BCUT2D eigenvalue weighted by atomic mass is 9.77. The standard InChI is InChI=1S/C24H38O6/c1-4-21(25)30-24(23(27)29-20-13-6-5-7-14-20)15-10-12-19(17-24)22(26)28-16-9-8-11-18(2)3/h4,18-20H,1,5-17H2,2-3H3. The molecule has 0 aromatic carbocycles. The first-order valence-electron chi connectivity index (χ1n) is 11.6. The van der Waals surface area contributed by atoms with E-state index in [0.29, 0.717) is 31.8 Å². The Labute approximate surface area is 180 Å². The number of esters is 3. The summed E-state index contributed by atoms with van der Waals surface area (Å²) in [6.45, 7) is 8.16. The van der Waals surface area contributed by atoms with E-state index < -0.39 is 23.5 Å². The van der Waals surface area contributed by atoms with E-state index in [9.17, 15) is 14.4 Å². The maximum Gasteiger partial charge on any atom is 0.350 e. The van der Waals surface area contributed by atoms with Gasteiger partial charge in [0.15, 0.2) is 0 Å².